The van der Waals surface area contributed by atoms with Crippen molar-refractivity contribution in [2.24, 2.45) is 5.92 Å². The highest BCUT2D eigenvalue weighted by molar-refractivity contribution is 5.68. The summed E-state index contributed by atoms with van der Waals surface area (Å²) in [6.07, 6.45) is 3.04. The van der Waals surface area contributed by atoms with Gasteiger partial charge in [-0.1, -0.05) is 0 Å². The first kappa shape index (κ1) is 13.2. The molecule has 0 aromatic heterocycles. The largest absolute Gasteiger partial charge is 0.449 e. The Hall–Kier alpha value is -0.810. The highest BCUT2D eigenvalue weighted by atomic mass is 16.6. The molecule has 108 valence electrons. The van der Waals surface area contributed by atoms with E-state index < -0.39 is 0 Å². The van der Waals surface area contributed by atoms with Crippen molar-refractivity contribution in [3.8, 4) is 0 Å². The number of amides is 1. The topological polar surface area (TPSA) is 48.0 Å². The molecule has 0 N–H and O–H groups in total. The van der Waals surface area contributed by atoms with E-state index in [2.05, 4.69) is 0 Å². The van der Waals surface area contributed by atoms with Crippen molar-refractivity contribution in [3.63, 3.8) is 0 Å². The van der Waals surface area contributed by atoms with Gasteiger partial charge in [-0.25, -0.2) is 4.79 Å². The molecule has 1 amide bonds. The smallest absolute Gasteiger partial charge is 0.409 e. The minimum Gasteiger partial charge on any atom is -0.449 e. The Balaban J connectivity index is 1.64. The van der Waals surface area contributed by atoms with Crippen molar-refractivity contribution in [1.29, 1.82) is 0 Å². The summed E-state index contributed by atoms with van der Waals surface area (Å²) < 4.78 is 17.0. The first-order chi connectivity index (χ1) is 8.98. The van der Waals surface area contributed by atoms with E-state index in [1.165, 1.54) is 12.8 Å². The van der Waals surface area contributed by atoms with Crippen LogP contribution in [0.1, 0.15) is 33.1 Å². The third kappa shape index (κ3) is 3.03. The minimum atomic E-state index is -0.343. The Labute approximate surface area is 114 Å². The first-order valence-electron chi connectivity index (χ1n) is 7.18. The van der Waals surface area contributed by atoms with Crippen LogP contribution in [0.15, 0.2) is 0 Å². The van der Waals surface area contributed by atoms with Crippen LogP contribution in [-0.4, -0.2) is 55.1 Å². The molecule has 0 radical (unpaired) electrons. The highest BCUT2D eigenvalue weighted by Crippen LogP contribution is 2.35. The molecule has 1 spiro atoms. The second-order valence-corrected chi connectivity index (χ2v) is 6.72. The summed E-state index contributed by atoms with van der Waals surface area (Å²) in [5.74, 6) is 0.599. The molecule has 0 aromatic rings. The minimum absolute atomic E-state index is 0.199. The van der Waals surface area contributed by atoms with Crippen LogP contribution in [0.25, 0.3) is 0 Å². The summed E-state index contributed by atoms with van der Waals surface area (Å²) in [6.45, 7) is 7.06. The lowest BCUT2D eigenvalue weighted by molar-refractivity contribution is -0.189. The molecule has 0 bridgehead atoms. The molecular formula is C14H23NO4. The zero-order valence-electron chi connectivity index (χ0n) is 11.8. The number of rotatable bonds is 2. The standard InChI is InChI=1S/C14H23NO4/c1-13(2)8-15(12(16)18-7-11-3-4-11)9-14(19-13)5-6-17-10-14/h11H,3-10H2,1-2H3. The molecule has 2 saturated heterocycles. The fourth-order valence-electron chi connectivity index (χ4n) is 3.00. The van der Waals surface area contributed by atoms with E-state index in [4.69, 9.17) is 14.2 Å². The Morgan fingerprint density at radius 3 is 2.79 bits per heavy atom. The number of hydrogen-bond acceptors (Lipinski definition) is 4. The van der Waals surface area contributed by atoms with Gasteiger partial charge < -0.3 is 19.1 Å². The molecular weight excluding hydrogens is 246 g/mol. The van der Waals surface area contributed by atoms with Crippen LogP contribution in [0, 0.1) is 5.92 Å². The number of ether oxygens (including phenoxy) is 3. The van der Waals surface area contributed by atoms with Crippen LogP contribution >= 0.6 is 0 Å². The van der Waals surface area contributed by atoms with Crippen molar-refractivity contribution >= 4 is 6.09 Å². The van der Waals surface area contributed by atoms with Gasteiger partial charge in [0.05, 0.1) is 31.9 Å². The van der Waals surface area contributed by atoms with E-state index in [1.54, 1.807) is 4.90 Å². The van der Waals surface area contributed by atoms with Gasteiger partial charge in [-0.2, -0.15) is 0 Å². The van der Waals surface area contributed by atoms with Gasteiger partial charge in [0.1, 0.15) is 5.60 Å². The number of hydrogen-bond donors (Lipinski definition) is 0. The highest BCUT2D eigenvalue weighted by Gasteiger charge is 2.48. The molecule has 5 heteroatoms. The van der Waals surface area contributed by atoms with E-state index in [9.17, 15) is 4.79 Å². The summed E-state index contributed by atoms with van der Waals surface area (Å²) in [5.41, 5.74) is -0.676. The summed E-state index contributed by atoms with van der Waals surface area (Å²) in [4.78, 5) is 14.0. The third-order valence-electron chi connectivity index (χ3n) is 4.01. The predicted octanol–water partition coefficient (Wildman–Crippen LogP) is 1.80. The molecule has 3 rings (SSSR count). The van der Waals surface area contributed by atoms with Gasteiger partial charge in [0.2, 0.25) is 0 Å². The van der Waals surface area contributed by atoms with Crippen molar-refractivity contribution < 1.29 is 19.0 Å². The van der Waals surface area contributed by atoms with Crippen molar-refractivity contribution in [2.75, 3.05) is 32.9 Å². The number of carbonyl (C=O) groups is 1. The quantitative estimate of drug-likeness (QED) is 0.767. The van der Waals surface area contributed by atoms with Crippen LogP contribution < -0.4 is 0 Å². The normalized spacial score (nSPS) is 33.7. The second-order valence-electron chi connectivity index (χ2n) is 6.72. The van der Waals surface area contributed by atoms with Crippen LogP contribution in [0.5, 0.6) is 0 Å². The lowest BCUT2D eigenvalue weighted by Gasteiger charge is -2.47. The maximum absolute atomic E-state index is 12.2. The van der Waals surface area contributed by atoms with Gasteiger partial charge in [0.15, 0.2) is 0 Å². The molecule has 1 saturated carbocycles. The summed E-state index contributed by atoms with van der Waals surface area (Å²) in [7, 11) is 0. The second kappa shape index (κ2) is 4.63. The fourth-order valence-corrected chi connectivity index (χ4v) is 3.00. The summed E-state index contributed by atoms with van der Waals surface area (Å²) >= 11 is 0. The van der Waals surface area contributed by atoms with E-state index in [0.717, 1.165) is 6.42 Å². The van der Waals surface area contributed by atoms with Gasteiger partial charge in [-0.15, -0.1) is 0 Å². The Morgan fingerprint density at radius 2 is 2.16 bits per heavy atom. The molecule has 3 aliphatic rings. The van der Waals surface area contributed by atoms with Gasteiger partial charge >= 0.3 is 6.09 Å². The molecule has 3 fully saturated rings. The van der Waals surface area contributed by atoms with Crippen LogP contribution in [0.2, 0.25) is 0 Å². The first-order valence-corrected chi connectivity index (χ1v) is 7.18. The molecule has 1 unspecified atom stereocenters. The Morgan fingerprint density at radius 1 is 1.37 bits per heavy atom. The fraction of sp³-hybridized carbons (Fsp3) is 0.929. The van der Waals surface area contributed by atoms with Gasteiger partial charge in [0.25, 0.3) is 0 Å². The maximum atomic E-state index is 12.2. The number of nitrogens with zero attached hydrogens (tertiary/aromatic N) is 1. The van der Waals surface area contributed by atoms with Crippen molar-refractivity contribution in [1.82, 2.24) is 4.90 Å². The van der Waals surface area contributed by atoms with E-state index in [1.807, 2.05) is 13.8 Å². The average molecular weight is 269 g/mol. The van der Waals surface area contributed by atoms with Gasteiger partial charge in [-0.05, 0) is 32.6 Å². The van der Waals surface area contributed by atoms with E-state index >= 15 is 0 Å². The maximum Gasteiger partial charge on any atom is 0.409 e. The molecule has 1 aliphatic carbocycles. The molecule has 0 aromatic carbocycles. The van der Waals surface area contributed by atoms with Gasteiger partial charge in [0, 0.05) is 13.0 Å². The molecule has 5 nitrogen and oxygen atoms in total. The molecule has 19 heavy (non-hydrogen) atoms. The van der Waals surface area contributed by atoms with Crippen LogP contribution in [-0.2, 0) is 14.2 Å². The molecule has 2 aliphatic heterocycles. The summed E-state index contributed by atoms with van der Waals surface area (Å²) in [5, 5.41) is 0. The monoisotopic (exact) mass is 269 g/mol. The average Bonchev–Trinajstić information content (AvgIpc) is 3.06. The third-order valence-corrected chi connectivity index (χ3v) is 4.01. The van der Waals surface area contributed by atoms with Crippen molar-refractivity contribution in [2.45, 2.75) is 44.3 Å². The lowest BCUT2D eigenvalue weighted by Crippen LogP contribution is -2.61. The zero-order chi connectivity index (χ0) is 13.5. The molecule has 2 heterocycles. The number of carbonyl (C=O) groups excluding carboxylic acids is 1. The van der Waals surface area contributed by atoms with Crippen LogP contribution in [0.3, 0.4) is 0 Å². The predicted molar refractivity (Wildman–Crippen MR) is 69.0 cm³/mol. The van der Waals surface area contributed by atoms with Gasteiger partial charge in [-0.3, -0.25) is 0 Å². The van der Waals surface area contributed by atoms with Crippen LogP contribution in [0.4, 0.5) is 4.79 Å². The lowest BCUT2D eigenvalue weighted by atomic mass is 9.95. The van der Waals surface area contributed by atoms with E-state index in [0.29, 0.717) is 38.8 Å². The zero-order valence-corrected chi connectivity index (χ0v) is 11.8. The Bertz CT molecular complexity index is 358. The SMILES string of the molecule is CC1(C)CN(C(=O)OCC2CC2)CC2(CCOC2)O1. The number of morpholine rings is 1. The molecule has 1 atom stereocenters. The van der Waals surface area contributed by atoms with E-state index in [-0.39, 0.29) is 17.3 Å². The summed E-state index contributed by atoms with van der Waals surface area (Å²) in [6, 6.07) is 0. The van der Waals surface area contributed by atoms with Crippen molar-refractivity contribution in [3.05, 3.63) is 0 Å². The Kier molecular flexibility index (Phi) is 3.21.